The van der Waals surface area contributed by atoms with Gasteiger partial charge in [0, 0.05) is 46.7 Å². The zero-order valence-electron chi connectivity index (χ0n) is 17.6. The molecule has 0 saturated carbocycles. The number of nitrogens with zero attached hydrogens (tertiary/aromatic N) is 5. The zero-order valence-corrected chi connectivity index (χ0v) is 19.1. The highest BCUT2D eigenvalue weighted by atomic mass is 35.5. The van der Waals surface area contributed by atoms with Crippen LogP contribution >= 0.6 is 23.2 Å². The molecule has 6 nitrogen and oxygen atoms in total. The molecule has 4 rings (SSSR count). The Morgan fingerprint density at radius 1 is 0.812 bits per heavy atom. The number of benzene rings is 2. The lowest BCUT2D eigenvalue weighted by Crippen LogP contribution is -2.28. The van der Waals surface area contributed by atoms with Crippen LogP contribution in [-0.4, -0.2) is 32.4 Å². The highest BCUT2D eigenvalue weighted by Crippen LogP contribution is 2.32. The first-order valence-electron chi connectivity index (χ1n) is 10.2. The Bertz CT molecular complexity index is 1040. The van der Waals surface area contributed by atoms with Crippen molar-refractivity contribution in [1.82, 2.24) is 19.6 Å². The maximum absolute atomic E-state index is 6.17. The summed E-state index contributed by atoms with van der Waals surface area (Å²) in [6.45, 7) is 1.19. The van der Waals surface area contributed by atoms with Crippen LogP contribution in [0.3, 0.4) is 0 Å². The molecule has 0 aliphatic heterocycles. The minimum Gasteiger partial charge on any atom is -0.399 e. The molecule has 2 atom stereocenters. The van der Waals surface area contributed by atoms with Crippen molar-refractivity contribution in [1.29, 1.82) is 0 Å². The highest BCUT2D eigenvalue weighted by Gasteiger charge is 2.30. The van der Waals surface area contributed by atoms with Gasteiger partial charge in [0.15, 0.2) is 0 Å². The fraction of sp³-hybridized carbons (Fsp3) is 0.208. The molecule has 32 heavy (non-hydrogen) atoms. The quantitative estimate of drug-likeness (QED) is 0.235. The zero-order chi connectivity index (χ0) is 22.3. The van der Waals surface area contributed by atoms with Crippen molar-refractivity contribution in [2.75, 3.05) is 7.11 Å². The predicted molar refractivity (Wildman–Crippen MR) is 127 cm³/mol. The van der Waals surface area contributed by atoms with Crippen molar-refractivity contribution in [2.24, 2.45) is 5.16 Å². The van der Waals surface area contributed by atoms with Crippen molar-refractivity contribution >= 4 is 28.9 Å². The van der Waals surface area contributed by atoms with Gasteiger partial charge in [0.25, 0.3) is 0 Å². The van der Waals surface area contributed by atoms with Crippen LogP contribution in [-0.2, 0) is 17.9 Å². The number of oxime groups is 1. The SMILES string of the molecule is CON=C(C(Cn1cccn1)c1ccc(Cl)cc1)C(Cn1cccn1)c1ccc(Cl)cc1. The van der Waals surface area contributed by atoms with Crippen molar-refractivity contribution in [3.8, 4) is 0 Å². The average molecular weight is 468 g/mol. The number of rotatable bonds is 9. The van der Waals surface area contributed by atoms with Crippen LogP contribution in [0.1, 0.15) is 23.0 Å². The lowest BCUT2D eigenvalue weighted by molar-refractivity contribution is 0.209. The van der Waals surface area contributed by atoms with E-state index in [-0.39, 0.29) is 11.8 Å². The van der Waals surface area contributed by atoms with Crippen molar-refractivity contribution in [3.05, 3.63) is 107 Å². The summed E-state index contributed by atoms with van der Waals surface area (Å²) in [5, 5.41) is 14.8. The third-order valence-corrected chi connectivity index (χ3v) is 5.82. The second-order valence-corrected chi connectivity index (χ2v) is 8.24. The Morgan fingerprint density at radius 3 is 1.59 bits per heavy atom. The number of hydrogen-bond acceptors (Lipinski definition) is 4. The van der Waals surface area contributed by atoms with Crippen LogP contribution in [0.2, 0.25) is 10.0 Å². The molecule has 0 fully saturated rings. The Balaban J connectivity index is 1.80. The molecule has 2 aromatic carbocycles. The molecule has 0 aliphatic rings. The van der Waals surface area contributed by atoms with E-state index < -0.39 is 0 Å². The van der Waals surface area contributed by atoms with Gasteiger partial charge in [-0.1, -0.05) is 52.6 Å². The second-order valence-electron chi connectivity index (χ2n) is 7.36. The first-order valence-corrected chi connectivity index (χ1v) is 11.0. The first-order chi connectivity index (χ1) is 15.6. The van der Waals surface area contributed by atoms with E-state index in [0.29, 0.717) is 23.1 Å². The maximum Gasteiger partial charge on any atom is 0.106 e. The summed E-state index contributed by atoms with van der Waals surface area (Å²) in [4.78, 5) is 5.37. The summed E-state index contributed by atoms with van der Waals surface area (Å²) < 4.78 is 3.80. The van der Waals surface area contributed by atoms with Crippen LogP contribution < -0.4 is 0 Å². The maximum atomic E-state index is 6.17. The molecule has 4 aromatic rings. The number of hydrogen-bond donors (Lipinski definition) is 0. The van der Waals surface area contributed by atoms with E-state index >= 15 is 0 Å². The summed E-state index contributed by atoms with van der Waals surface area (Å²) in [5.74, 6) is -0.216. The molecule has 0 aliphatic carbocycles. The van der Waals surface area contributed by atoms with Gasteiger partial charge in [-0.2, -0.15) is 10.2 Å². The molecule has 8 heteroatoms. The Kier molecular flexibility index (Phi) is 7.24. The smallest absolute Gasteiger partial charge is 0.106 e. The van der Waals surface area contributed by atoms with Crippen LogP contribution in [0.25, 0.3) is 0 Å². The topological polar surface area (TPSA) is 57.2 Å². The van der Waals surface area contributed by atoms with Gasteiger partial charge in [-0.05, 0) is 47.5 Å². The Hall–Kier alpha value is -3.09. The van der Waals surface area contributed by atoms with Gasteiger partial charge in [-0.15, -0.1) is 0 Å². The molecule has 164 valence electrons. The van der Waals surface area contributed by atoms with Gasteiger partial charge >= 0.3 is 0 Å². The standard InChI is InChI=1S/C24H23Cl2N5O/c1-32-29-24(22(16-30-14-2-12-27-30)18-4-8-20(25)9-5-18)23(17-31-15-3-13-28-31)19-6-10-21(26)11-7-19/h2-15,22-23H,16-17H2,1H3. The molecular weight excluding hydrogens is 445 g/mol. The summed E-state index contributed by atoms with van der Waals surface area (Å²) >= 11 is 12.3. The summed E-state index contributed by atoms with van der Waals surface area (Å²) in [5.41, 5.74) is 3.00. The van der Waals surface area contributed by atoms with Gasteiger partial charge in [0.1, 0.15) is 7.11 Å². The van der Waals surface area contributed by atoms with Gasteiger partial charge in [0.2, 0.25) is 0 Å². The Morgan fingerprint density at radius 2 is 1.25 bits per heavy atom. The van der Waals surface area contributed by atoms with Crippen LogP contribution in [0.4, 0.5) is 0 Å². The summed E-state index contributed by atoms with van der Waals surface area (Å²) in [6.07, 6.45) is 7.43. The van der Waals surface area contributed by atoms with Crippen molar-refractivity contribution in [3.63, 3.8) is 0 Å². The number of halogens is 2. The molecule has 0 N–H and O–H groups in total. The van der Waals surface area contributed by atoms with E-state index in [1.807, 2.05) is 82.4 Å². The van der Waals surface area contributed by atoms with Crippen molar-refractivity contribution in [2.45, 2.75) is 24.9 Å². The molecule has 0 spiro atoms. The summed E-state index contributed by atoms with van der Waals surface area (Å²) in [7, 11) is 1.57. The van der Waals surface area contributed by atoms with Gasteiger partial charge in [0.05, 0.1) is 18.8 Å². The third-order valence-electron chi connectivity index (χ3n) is 5.31. The molecule has 0 bridgehead atoms. The van der Waals surface area contributed by atoms with E-state index in [9.17, 15) is 0 Å². The number of aromatic nitrogens is 4. The molecule has 2 aromatic heterocycles. The second kappa shape index (κ2) is 10.5. The van der Waals surface area contributed by atoms with E-state index in [1.165, 1.54) is 0 Å². The first kappa shape index (κ1) is 22.1. The predicted octanol–water partition coefficient (Wildman–Crippen LogP) is 5.66. The molecule has 2 unspecified atom stereocenters. The molecule has 0 radical (unpaired) electrons. The van der Waals surface area contributed by atoms with Gasteiger partial charge in [-0.3, -0.25) is 9.36 Å². The highest BCUT2D eigenvalue weighted by molar-refractivity contribution is 6.30. The van der Waals surface area contributed by atoms with Gasteiger partial charge < -0.3 is 4.84 Å². The minimum atomic E-state index is -0.108. The molecule has 0 amide bonds. The molecule has 2 heterocycles. The van der Waals surface area contributed by atoms with Crippen molar-refractivity contribution < 1.29 is 4.84 Å². The largest absolute Gasteiger partial charge is 0.399 e. The third kappa shape index (κ3) is 5.39. The van der Waals surface area contributed by atoms with Gasteiger partial charge in [-0.25, -0.2) is 0 Å². The van der Waals surface area contributed by atoms with Crippen LogP contribution in [0.5, 0.6) is 0 Å². The lowest BCUT2D eigenvalue weighted by Gasteiger charge is -2.27. The van der Waals surface area contributed by atoms with E-state index in [2.05, 4.69) is 15.4 Å². The normalized spacial score (nSPS) is 12.8. The van der Waals surface area contributed by atoms with Crippen LogP contribution in [0, 0.1) is 0 Å². The fourth-order valence-electron chi connectivity index (χ4n) is 3.80. The average Bonchev–Trinajstić information content (AvgIpc) is 3.50. The van der Waals surface area contributed by atoms with Crippen LogP contribution in [0.15, 0.2) is 90.6 Å². The molecule has 0 saturated heterocycles. The lowest BCUT2D eigenvalue weighted by atomic mass is 9.82. The van der Waals surface area contributed by atoms with E-state index in [0.717, 1.165) is 16.8 Å². The summed E-state index contributed by atoms with van der Waals surface area (Å²) in [6, 6.07) is 19.5. The molecular formula is C24H23Cl2N5O. The Labute approximate surface area is 197 Å². The fourth-order valence-corrected chi connectivity index (χ4v) is 4.05. The monoisotopic (exact) mass is 467 g/mol. The van der Waals surface area contributed by atoms with E-state index in [1.54, 1.807) is 19.5 Å². The van der Waals surface area contributed by atoms with E-state index in [4.69, 9.17) is 28.0 Å². The minimum absolute atomic E-state index is 0.108.